The van der Waals surface area contributed by atoms with E-state index in [0.29, 0.717) is 13.1 Å². The minimum Gasteiger partial charge on any atom is -0.361 e. The first kappa shape index (κ1) is 14.9. The first-order valence-corrected chi connectivity index (χ1v) is 8.43. The third-order valence-corrected chi connectivity index (χ3v) is 4.67. The van der Waals surface area contributed by atoms with E-state index in [1.165, 1.54) is 10.9 Å². The molecule has 6 heteroatoms. The third kappa shape index (κ3) is 2.91. The fraction of sp³-hybridized carbons (Fsp3) is 0.389. The van der Waals surface area contributed by atoms with Crippen molar-refractivity contribution in [1.82, 2.24) is 25.1 Å². The molecule has 0 bridgehead atoms. The molecule has 0 saturated carbocycles. The molecule has 4 rings (SSSR count). The normalized spacial score (nSPS) is 17.0. The van der Waals surface area contributed by atoms with Crippen LogP contribution < -0.4 is 5.32 Å². The molecular weight excluding hydrogens is 302 g/mol. The first-order valence-electron chi connectivity index (χ1n) is 8.43. The first-order chi connectivity index (χ1) is 11.7. The number of carbonyl (C=O) groups is 1. The number of nitrogens with one attached hydrogen (secondary N) is 2. The maximum atomic E-state index is 12.4. The monoisotopic (exact) mass is 323 g/mol. The molecule has 3 heterocycles. The zero-order valence-electron chi connectivity index (χ0n) is 13.7. The molecule has 1 atom stereocenters. The lowest BCUT2D eigenvalue weighted by Crippen LogP contribution is -2.37. The molecule has 24 heavy (non-hydrogen) atoms. The van der Waals surface area contributed by atoms with Crippen LogP contribution in [0.25, 0.3) is 10.9 Å². The van der Waals surface area contributed by atoms with Gasteiger partial charge in [0, 0.05) is 24.7 Å². The predicted octanol–water partition coefficient (Wildman–Crippen LogP) is 1.99. The molecular formula is C18H21N5O. The highest BCUT2D eigenvalue weighted by atomic mass is 16.1. The summed E-state index contributed by atoms with van der Waals surface area (Å²) in [5.74, 6) is 1.89. The van der Waals surface area contributed by atoms with Gasteiger partial charge in [0.15, 0.2) is 0 Å². The van der Waals surface area contributed by atoms with Crippen LogP contribution in [0.5, 0.6) is 0 Å². The Kier molecular flexibility index (Phi) is 3.80. The van der Waals surface area contributed by atoms with Crippen LogP contribution in [0.4, 0.5) is 0 Å². The summed E-state index contributed by atoms with van der Waals surface area (Å²) < 4.78 is 1.88. The van der Waals surface area contributed by atoms with Gasteiger partial charge in [0.2, 0.25) is 5.91 Å². The number of H-pyrrole nitrogens is 1. The summed E-state index contributed by atoms with van der Waals surface area (Å²) >= 11 is 0. The maximum absolute atomic E-state index is 12.4. The quantitative estimate of drug-likeness (QED) is 0.771. The van der Waals surface area contributed by atoms with Gasteiger partial charge in [-0.05, 0) is 48.9 Å². The molecule has 1 aromatic carbocycles. The Hall–Kier alpha value is -2.63. The minimum atomic E-state index is -0.00856. The van der Waals surface area contributed by atoms with Crippen LogP contribution in [0, 0.1) is 12.8 Å². The highest BCUT2D eigenvalue weighted by molar-refractivity contribution is 5.80. The van der Waals surface area contributed by atoms with E-state index in [0.717, 1.165) is 36.4 Å². The zero-order chi connectivity index (χ0) is 16.5. The lowest BCUT2D eigenvalue weighted by Gasteiger charge is -2.21. The van der Waals surface area contributed by atoms with Gasteiger partial charge in [-0.2, -0.15) is 5.10 Å². The summed E-state index contributed by atoms with van der Waals surface area (Å²) in [7, 11) is 0. The van der Waals surface area contributed by atoms with Gasteiger partial charge in [-0.25, -0.2) is 9.67 Å². The van der Waals surface area contributed by atoms with Crippen LogP contribution in [0.2, 0.25) is 0 Å². The Morgan fingerprint density at radius 2 is 2.33 bits per heavy atom. The Labute approximate surface area is 140 Å². The van der Waals surface area contributed by atoms with Crippen LogP contribution in [0.1, 0.15) is 23.6 Å². The molecule has 0 saturated heterocycles. The van der Waals surface area contributed by atoms with E-state index in [1.54, 1.807) is 0 Å². The fourth-order valence-electron chi connectivity index (χ4n) is 3.38. The van der Waals surface area contributed by atoms with Crippen molar-refractivity contribution in [2.75, 3.05) is 6.54 Å². The number of benzene rings is 1. The second kappa shape index (κ2) is 6.11. The van der Waals surface area contributed by atoms with Crippen molar-refractivity contribution in [3.63, 3.8) is 0 Å². The average molecular weight is 323 g/mol. The molecule has 0 spiro atoms. The Morgan fingerprint density at radius 3 is 3.25 bits per heavy atom. The minimum absolute atomic E-state index is 0.00856. The van der Waals surface area contributed by atoms with Crippen molar-refractivity contribution in [1.29, 1.82) is 0 Å². The van der Waals surface area contributed by atoms with E-state index in [1.807, 2.05) is 17.8 Å². The van der Waals surface area contributed by atoms with Gasteiger partial charge >= 0.3 is 0 Å². The van der Waals surface area contributed by atoms with E-state index in [4.69, 9.17) is 0 Å². The van der Waals surface area contributed by atoms with Crippen LogP contribution in [0.3, 0.4) is 0 Å². The number of rotatable bonds is 4. The maximum Gasteiger partial charge on any atom is 0.225 e. The van der Waals surface area contributed by atoms with Crippen molar-refractivity contribution in [3.05, 3.63) is 47.7 Å². The topological polar surface area (TPSA) is 75.6 Å². The number of nitrogens with zero attached hydrogens (tertiary/aromatic N) is 3. The Bertz CT molecular complexity index is 879. The lowest BCUT2D eigenvalue weighted by atomic mass is 9.99. The van der Waals surface area contributed by atoms with Gasteiger partial charge in [-0.15, -0.1) is 0 Å². The SMILES string of the molecule is Cc1nc2n(n1)CC(C(=O)NCCc1ccc3[nH]ccc3c1)CC2. The third-order valence-electron chi connectivity index (χ3n) is 4.67. The number of aromatic nitrogens is 4. The van der Waals surface area contributed by atoms with E-state index < -0.39 is 0 Å². The van der Waals surface area contributed by atoms with Crippen molar-refractivity contribution in [2.24, 2.45) is 5.92 Å². The summed E-state index contributed by atoms with van der Waals surface area (Å²) in [4.78, 5) is 20.0. The second-order valence-corrected chi connectivity index (χ2v) is 6.43. The molecule has 1 amide bonds. The van der Waals surface area contributed by atoms with Crippen molar-refractivity contribution in [2.45, 2.75) is 32.7 Å². The van der Waals surface area contributed by atoms with E-state index in [9.17, 15) is 4.79 Å². The highest BCUT2D eigenvalue weighted by Gasteiger charge is 2.26. The molecule has 0 radical (unpaired) electrons. The van der Waals surface area contributed by atoms with Gasteiger partial charge in [0.25, 0.3) is 0 Å². The van der Waals surface area contributed by atoms with Gasteiger partial charge in [0.1, 0.15) is 11.6 Å². The summed E-state index contributed by atoms with van der Waals surface area (Å²) in [6, 6.07) is 8.43. The predicted molar refractivity (Wildman–Crippen MR) is 91.6 cm³/mol. The van der Waals surface area contributed by atoms with Crippen molar-refractivity contribution >= 4 is 16.8 Å². The molecule has 2 N–H and O–H groups in total. The molecule has 0 aliphatic carbocycles. The van der Waals surface area contributed by atoms with Crippen LogP contribution in [-0.2, 0) is 24.2 Å². The van der Waals surface area contributed by atoms with Crippen LogP contribution in [0.15, 0.2) is 30.5 Å². The van der Waals surface area contributed by atoms with E-state index >= 15 is 0 Å². The number of aromatic amines is 1. The molecule has 1 aliphatic heterocycles. The van der Waals surface area contributed by atoms with E-state index in [2.05, 4.69) is 44.6 Å². The highest BCUT2D eigenvalue weighted by Crippen LogP contribution is 2.19. The van der Waals surface area contributed by atoms with Crippen molar-refractivity contribution < 1.29 is 4.79 Å². The van der Waals surface area contributed by atoms with Gasteiger partial charge < -0.3 is 10.3 Å². The Morgan fingerprint density at radius 1 is 1.42 bits per heavy atom. The fourth-order valence-corrected chi connectivity index (χ4v) is 3.38. The summed E-state index contributed by atoms with van der Waals surface area (Å²) in [6.07, 6.45) is 4.45. The van der Waals surface area contributed by atoms with E-state index in [-0.39, 0.29) is 11.8 Å². The number of aryl methyl sites for hydroxylation is 2. The molecule has 6 nitrogen and oxygen atoms in total. The van der Waals surface area contributed by atoms with Crippen LogP contribution in [-0.4, -0.2) is 32.2 Å². The standard InChI is InChI=1S/C18H21N5O/c1-12-21-17-5-3-15(11-23(17)22-12)18(24)20-8-6-13-2-4-16-14(10-13)7-9-19-16/h2,4,7,9-10,15,19H,3,5-6,8,11H2,1H3,(H,20,24). The zero-order valence-corrected chi connectivity index (χ0v) is 13.7. The molecule has 3 aromatic rings. The van der Waals surface area contributed by atoms with Gasteiger partial charge in [0.05, 0.1) is 12.5 Å². The molecule has 0 fully saturated rings. The van der Waals surface area contributed by atoms with Gasteiger partial charge in [-0.1, -0.05) is 6.07 Å². The molecule has 1 unspecified atom stereocenters. The van der Waals surface area contributed by atoms with Crippen LogP contribution >= 0.6 is 0 Å². The number of hydrogen-bond donors (Lipinski definition) is 2. The summed E-state index contributed by atoms with van der Waals surface area (Å²) in [5, 5.41) is 8.64. The smallest absolute Gasteiger partial charge is 0.225 e. The Balaban J connectivity index is 1.32. The molecule has 1 aliphatic rings. The summed E-state index contributed by atoms with van der Waals surface area (Å²) in [5.41, 5.74) is 2.38. The molecule has 2 aromatic heterocycles. The average Bonchev–Trinajstić information content (AvgIpc) is 3.18. The number of amides is 1. The second-order valence-electron chi connectivity index (χ2n) is 6.43. The number of fused-ring (bicyclic) bond motifs is 2. The number of hydrogen-bond acceptors (Lipinski definition) is 3. The largest absolute Gasteiger partial charge is 0.361 e. The molecule has 124 valence electrons. The van der Waals surface area contributed by atoms with Crippen molar-refractivity contribution in [3.8, 4) is 0 Å². The lowest BCUT2D eigenvalue weighted by molar-refractivity contribution is -0.126. The van der Waals surface area contributed by atoms with Gasteiger partial charge in [-0.3, -0.25) is 4.79 Å². The number of carbonyl (C=O) groups excluding carboxylic acids is 1. The summed E-state index contributed by atoms with van der Waals surface area (Å²) in [6.45, 7) is 3.19.